The van der Waals surface area contributed by atoms with E-state index in [0.717, 1.165) is 29.7 Å². The molecule has 1 atom stereocenters. The van der Waals surface area contributed by atoms with Gasteiger partial charge in [0.05, 0.1) is 11.7 Å². The molecular formula is C20H26N4O. The van der Waals surface area contributed by atoms with E-state index in [1.807, 2.05) is 39.1 Å². The molecule has 1 aliphatic rings. The molecule has 0 fully saturated rings. The maximum Gasteiger partial charge on any atom is 0.225 e. The van der Waals surface area contributed by atoms with Crippen LogP contribution in [0.3, 0.4) is 0 Å². The predicted octanol–water partition coefficient (Wildman–Crippen LogP) is 3.71. The Hall–Kier alpha value is -2.30. The van der Waals surface area contributed by atoms with Gasteiger partial charge in [0.2, 0.25) is 5.91 Å². The summed E-state index contributed by atoms with van der Waals surface area (Å²) in [5, 5.41) is 3.20. The first-order chi connectivity index (χ1) is 11.7. The van der Waals surface area contributed by atoms with Crippen molar-refractivity contribution in [3.8, 4) is 11.4 Å². The number of amides is 1. The Morgan fingerprint density at radius 1 is 1.28 bits per heavy atom. The van der Waals surface area contributed by atoms with Gasteiger partial charge in [0, 0.05) is 35.1 Å². The molecule has 25 heavy (non-hydrogen) atoms. The first kappa shape index (κ1) is 17.5. The molecule has 2 aromatic heterocycles. The maximum atomic E-state index is 12.5. The van der Waals surface area contributed by atoms with E-state index in [1.54, 1.807) is 12.4 Å². The average molecular weight is 338 g/mol. The van der Waals surface area contributed by atoms with Gasteiger partial charge in [0.1, 0.15) is 0 Å². The van der Waals surface area contributed by atoms with Crippen LogP contribution >= 0.6 is 0 Å². The van der Waals surface area contributed by atoms with Crippen LogP contribution in [0, 0.1) is 10.8 Å². The Balaban J connectivity index is 1.96. The number of nitrogens with zero attached hydrogens (tertiary/aromatic N) is 3. The quantitative estimate of drug-likeness (QED) is 0.906. The molecular weight excluding hydrogens is 312 g/mol. The molecule has 5 heteroatoms. The number of carbonyl (C=O) groups excluding carboxylic acids is 1. The van der Waals surface area contributed by atoms with E-state index in [-0.39, 0.29) is 17.4 Å². The minimum atomic E-state index is -0.418. The monoisotopic (exact) mass is 338 g/mol. The number of carbonyl (C=O) groups is 1. The van der Waals surface area contributed by atoms with Crippen molar-refractivity contribution in [3.63, 3.8) is 0 Å². The fraction of sp³-hybridized carbons (Fsp3) is 0.500. The van der Waals surface area contributed by atoms with Crippen LogP contribution < -0.4 is 5.32 Å². The molecule has 1 aliphatic carbocycles. The molecule has 3 rings (SSSR count). The van der Waals surface area contributed by atoms with Gasteiger partial charge in [0.15, 0.2) is 5.82 Å². The fourth-order valence-electron chi connectivity index (χ4n) is 3.18. The predicted molar refractivity (Wildman–Crippen MR) is 97.7 cm³/mol. The standard InChI is InChI=1S/C20H26N4O/c1-19(2,3)18(25)24-16-10-20(4,5)9-15-14(16)12-22-17(23-15)13-7-6-8-21-11-13/h6-8,11-12,16H,9-10H2,1-5H3,(H,24,25). The van der Waals surface area contributed by atoms with Gasteiger partial charge in [-0.3, -0.25) is 9.78 Å². The van der Waals surface area contributed by atoms with Crippen LogP contribution in [-0.4, -0.2) is 20.9 Å². The summed E-state index contributed by atoms with van der Waals surface area (Å²) in [7, 11) is 0. The van der Waals surface area contributed by atoms with Crippen molar-refractivity contribution in [2.24, 2.45) is 10.8 Å². The number of hydrogen-bond donors (Lipinski definition) is 1. The van der Waals surface area contributed by atoms with Gasteiger partial charge in [-0.25, -0.2) is 9.97 Å². The van der Waals surface area contributed by atoms with Crippen LogP contribution in [-0.2, 0) is 11.2 Å². The summed E-state index contributed by atoms with van der Waals surface area (Å²) in [6.07, 6.45) is 7.14. The topological polar surface area (TPSA) is 67.8 Å². The van der Waals surface area contributed by atoms with Gasteiger partial charge < -0.3 is 5.32 Å². The molecule has 1 N–H and O–H groups in total. The average Bonchev–Trinajstić information content (AvgIpc) is 2.53. The normalized spacial score (nSPS) is 19.2. The molecule has 0 saturated carbocycles. The van der Waals surface area contributed by atoms with E-state index in [1.165, 1.54) is 0 Å². The summed E-state index contributed by atoms with van der Waals surface area (Å²) in [6.45, 7) is 10.2. The third kappa shape index (κ3) is 3.86. The zero-order valence-corrected chi connectivity index (χ0v) is 15.6. The van der Waals surface area contributed by atoms with Gasteiger partial charge in [-0.05, 0) is 30.4 Å². The molecule has 0 radical (unpaired) electrons. The second kappa shape index (κ2) is 6.21. The molecule has 2 heterocycles. The lowest BCUT2D eigenvalue weighted by molar-refractivity contribution is -0.129. The van der Waals surface area contributed by atoms with Gasteiger partial charge in [-0.15, -0.1) is 0 Å². The van der Waals surface area contributed by atoms with Crippen LogP contribution in [0.4, 0.5) is 0 Å². The second-order valence-electron chi connectivity index (χ2n) is 8.66. The lowest BCUT2D eigenvalue weighted by Gasteiger charge is -2.37. The van der Waals surface area contributed by atoms with Crippen molar-refractivity contribution >= 4 is 5.91 Å². The summed E-state index contributed by atoms with van der Waals surface area (Å²) in [4.78, 5) is 26.0. The number of hydrogen-bond acceptors (Lipinski definition) is 4. The van der Waals surface area contributed by atoms with E-state index < -0.39 is 5.41 Å². The van der Waals surface area contributed by atoms with Crippen molar-refractivity contribution in [2.75, 3.05) is 0 Å². The smallest absolute Gasteiger partial charge is 0.225 e. The molecule has 1 unspecified atom stereocenters. The highest BCUT2D eigenvalue weighted by atomic mass is 16.2. The Kier molecular flexibility index (Phi) is 4.35. The second-order valence-corrected chi connectivity index (χ2v) is 8.66. The van der Waals surface area contributed by atoms with E-state index in [0.29, 0.717) is 5.82 Å². The molecule has 5 nitrogen and oxygen atoms in total. The lowest BCUT2D eigenvalue weighted by Crippen LogP contribution is -2.41. The Morgan fingerprint density at radius 2 is 2.04 bits per heavy atom. The zero-order valence-electron chi connectivity index (χ0n) is 15.6. The molecule has 132 valence electrons. The highest BCUT2D eigenvalue weighted by molar-refractivity contribution is 5.81. The summed E-state index contributed by atoms with van der Waals surface area (Å²) >= 11 is 0. The van der Waals surface area contributed by atoms with E-state index in [9.17, 15) is 4.79 Å². The highest BCUT2D eigenvalue weighted by Crippen LogP contribution is 2.40. The van der Waals surface area contributed by atoms with E-state index in [2.05, 4.69) is 29.1 Å². The van der Waals surface area contributed by atoms with Crippen molar-refractivity contribution in [2.45, 2.75) is 53.5 Å². The Labute approximate surface area is 149 Å². The molecule has 1 amide bonds. The summed E-state index contributed by atoms with van der Waals surface area (Å²) < 4.78 is 0. The summed E-state index contributed by atoms with van der Waals surface area (Å²) in [6, 6.07) is 3.80. The number of fused-ring (bicyclic) bond motifs is 1. The largest absolute Gasteiger partial charge is 0.349 e. The molecule has 0 saturated heterocycles. The fourth-order valence-corrected chi connectivity index (χ4v) is 3.18. The first-order valence-corrected chi connectivity index (χ1v) is 8.73. The van der Waals surface area contributed by atoms with Crippen LogP contribution in [0.15, 0.2) is 30.7 Å². The number of aromatic nitrogens is 3. The van der Waals surface area contributed by atoms with Crippen LogP contribution in [0.1, 0.15) is 58.3 Å². The van der Waals surface area contributed by atoms with Gasteiger partial charge in [-0.1, -0.05) is 34.6 Å². The van der Waals surface area contributed by atoms with Crippen molar-refractivity contribution in [1.29, 1.82) is 0 Å². The molecule has 0 aliphatic heterocycles. The van der Waals surface area contributed by atoms with E-state index >= 15 is 0 Å². The van der Waals surface area contributed by atoms with Gasteiger partial charge in [0.25, 0.3) is 0 Å². The minimum absolute atomic E-state index is 0.0478. The van der Waals surface area contributed by atoms with Crippen molar-refractivity contribution in [3.05, 3.63) is 42.0 Å². The zero-order chi connectivity index (χ0) is 18.2. The SMILES string of the molecule is CC1(C)Cc2nc(-c3cccnc3)ncc2C(NC(=O)C(C)(C)C)C1. The first-order valence-electron chi connectivity index (χ1n) is 8.73. The number of nitrogens with one attached hydrogen (secondary N) is 1. The summed E-state index contributed by atoms with van der Waals surface area (Å²) in [5.41, 5.74) is 2.61. The molecule has 0 aromatic carbocycles. The van der Waals surface area contributed by atoms with Gasteiger partial charge in [-0.2, -0.15) is 0 Å². The van der Waals surface area contributed by atoms with Crippen molar-refractivity contribution < 1.29 is 4.79 Å². The number of rotatable bonds is 2. The van der Waals surface area contributed by atoms with Crippen LogP contribution in [0.5, 0.6) is 0 Å². The van der Waals surface area contributed by atoms with E-state index in [4.69, 9.17) is 4.98 Å². The van der Waals surface area contributed by atoms with Crippen molar-refractivity contribution in [1.82, 2.24) is 20.3 Å². The third-order valence-electron chi connectivity index (χ3n) is 4.58. The lowest BCUT2D eigenvalue weighted by atomic mass is 9.74. The van der Waals surface area contributed by atoms with Gasteiger partial charge >= 0.3 is 0 Å². The minimum Gasteiger partial charge on any atom is -0.349 e. The third-order valence-corrected chi connectivity index (χ3v) is 4.58. The number of pyridine rings is 1. The Bertz CT molecular complexity index is 778. The van der Waals surface area contributed by atoms with Crippen LogP contribution in [0.25, 0.3) is 11.4 Å². The van der Waals surface area contributed by atoms with Crippen LogP contribution in [0.2, 0.25) is 0 Å². The molecule has 0 spiro atoms. The molecule has 0 bridgehead atoms. The maximum absolute atomic E-state index is 12.5. The highest BCUT2D eigenvalue weighted by Gasteiger charge is 2.36. The Morgan fingerprint density at radius 3 is 2.68 bits per heavy atom. The molecule has 2 aromatic rings. The summed E-state index contributed by atoms with van der Waals surface area (Å²) in [5.74, 6) is 0.739.